The van der Waals surface area contributed by atoms with Crippen LogP contribution in [0, 0.1) is 0 Å². The second-order valence-electron chi connectivity index (χ2n) is 8.95. The average molecular weight is 455 g/mol. The van der Waals surface area contributed by atoms with E-state index in [9.17, 15) is 9.59 Å². The Balaban J connectivity index is 2.47. The van der Waals surface area contributed by atoms with Gasteiger partial charge in [0.05, 0.1) is 0 Å². The van der Waals surface area contributed by atoms with Crippen LogP contribution in [0.4, 0.5) is 9.59 Å². The van der Waals surface area contributed by atoms with Gasteiger partial charge in [0.15, 0.2) is 0 Å². The number of carbonyl (C=O) groups excluding carboxylic acids is 2. The molecule has 0 amide bonds. The molecule has 1 aromatic carbocycles. The van der Waals surface area contributed by atoms with E-state index in [1.807, 2.05) is 27.7 Å². The molecule has 1 aromatic rings. The van der Waals surface area contributed by atoms with Crippen LogP contribution in [0.3, 0.4) is 0 Å². The summed E-state index contributed by atoms with van der Waals surface area (Å²) < 4.78 is 10.2. The third-order valence-electron chi connectivity index (χ3n) is 4.64. The molecule has 0 bridgehead atoms. The van der Waals surface area contributed by atoms with Crippen molar-refractivity contribution in [3.05, 3.63) is 24.3 Å². The van der Waals surface area contributed by atoms with E-state index in [4.69, 9.17) is 29.0 Å². The fourth-order valence-corrected chi connectivity index (χ4v) is 2.81. The molecule has 0 N–H and O–H groups in total. The van der Waals surface area contributed by atoms with Gasteiger partial charge in [0.25, 0.3) is 0 Å². The van der Waals surface area contributed by atoms with E-state index in [0.29, 0.717) is 0 Å². The van der Waals surface area contributed by atoms with Crippen molar-refractivity contribution >= 4 is 12.3 Å². The van der Waals surface area contributed by atoms with Gasteiger partial charge in [-0.05, 0) is 52.7 Å². The lowest BCUT2D eigenvalue weighted by atomic mass is 10.0. The highest BCUT2D eigenvalue weighted by molar-refractivity contribution is 5.65. The Morgan fingerprint density at radius 1 is 0.719 bits per heavy atom. The van der Waals surface area contributed by atoms with E-state index in [0.717, 1.165) is 51.4 Å². The molecular formula is C24H38O8. The smallest absolute Gasteiger partial charge is 0.393 e. The van der Waals surface area contributed by atoms with Crippen LogP contribution < -0.4 is 9.47 Å². The number of hydrogen-bond donors (Lipinski definition) is 0. The van der Waals surface area contributed by atoms with Crippen LogP contribution in [-0.4, -0.2) is 23.5 Å². The average Bonchev–Trinajstić information content (AvgIpc) is 2.72. The van der Waals surface area contributed by atoms with Crippen molar-refractivity contribution < 1.29 is 38.6 Å². The maximum Gasteiger partial charge on any atom is 0.546 e. The molecule has 0 saturated heterocycles. The zero-order valence-corrected chi connectivity index (χ0v) is 20.2. The van der Waals surface area contributed by atoms with E-state index in [1.54, 1.807) is 6.07 Å². The lowest BCUT2D eigenvalue weighted by Gasteiger charge is -2.22. The van der Waals surface area contributed by atoms with Gasteiger partial charge in [-0.15, -0.1) is 0 Å². The van der Waals surface area contributed by atoms with Gasteiger partial charge in [-0.2, -0.15) is 9.78 Å². The normalized spacial score (nSPS) is 11.7. The van der Waals surface area contributed by atoms with Gasteiger partial charge in [0.2, 0.25) is 0 Å². The first-order chi connectivity index (χ1) is 15.1. The lowest BCUT2D eigenvalue weighted by Crippen LogP contribution is -2.27. The quantitative estimate of drug-likeness (QED) is 0.0951. The standard InChI is InChI=1S/C24H38O8/c1-7-9-11-16-23(3,4)31-29-21(25)27-19-14-13-15-20(18-19)28-22(26)30-32-24(5,6)17-12-10-8-2/h13-15,18H,7-12,16-17H2,1-6H3. The molecule has 0 aromatic heterocycles. The third kappa shape index (κ3) is 12.5. The highest BCUT2D eigenvalue weighted by Crippen LogP contribution is 2.23. The summed E-state index contributed by atoms with van der Waals surface area (Å²) in [5, 5.41) is 0. The molecular weight excluding hydrogens is 416 g/mol. The molecule has 8 heteroatoms. The van der Waals surface area contributed by atoms with Crippen molar-refractivity contribution in [2.24, 2.45) is 0 Å². The van der Waals surface area contributed by atoms with Crippen LogP contribution in [0.2, 0.25) is 0 Å². The Hall–Kier alpha value is -2.32. The van der Waals surface area contributed by atoms with Crippen LogP contribution in [0.1, 0.15) is 92.9 Å². The minimum atomic E-state index is -1.02. The largest absolute Gasteiger partial charge is 0.546 e. The van der Waals surface area contributed by atoms with Gasteiger partial charge < -0.3 is 9.47 Å². The zero-order valence-electron chi connectivity index (χ0n) is 20.2. The Labute approximate surface area is 191 Å². The first-order valence-electron chi connectivity index (χ1n) is 11.3. The predicted molar refractivity (Wildman–Crippen MR) is 119 cm³/mol. The van der Waals surface area contributed by atoms with E-state index in [-0.39, 0.29) is 11.5 Å². The van der Waals surface area contributed by atoms with E-state index in [2.05, 4.69) is 13.8 Å². The first kappa shape index (κ1) is 27.7. The molecule has 0 atom stereocenters. The van der Waals surface area contributed by atoms with E-state index >= 15 is 0 Å². The van der Waals surface area contributed by atoms with Gasteiger partial charge in [-0.25, -0.2) is 9.59 Å². The summed E-state index contributed by atoms with van der Waals surface area (Å²) >= 11 is 0. The summed E-state index contributed by atoms with van der Waals surface area (Å²) in [6.45, 7) is 11.6. The fourth-order valence-electron chi connectivity index (χ4n) is 2.81. The summed E-state index contributed by atoms with van der Waals surface area (Å²) in [5.74, 6) is 0.238. The zero-order chi connectivity index (χ0) is 24.0. The van der Waals surface area contributed by atoms with Gasteiger partial charge in [-0.3, -0.25) is 9.78 Å². The molecule has 0 heterocycles. The lowest BCUT2D eigenvalue weighted by molar-refractivity contribution is -0.315. The van der Waals surface area contributed by atoms with E-state index < -0.39 is 23.5 Å². The molecule has 0 unspecified atom stereocenters. The van der Waals surface area contributed by atoms with Crippen LogP contribution in [-0.2, 0) is 19.6 Å². The fraction of sp³-hybridized carbons (Fsp3) is 0.667. The molecule has 0 saturated carbocycles. The monoisotopic (exact) mass is 454 g/mol. The Kier molecular flexibility index (Phi) is 12.1. The highest BCUT2D eigenvalue weighted by atomic mass is 17.2. The molecule has 0 fully saturated rings. The summed E-state index contributed by atoms with van der Waals surface area (Å²) in [6, 6.07) is 5.93. The summed E-state index contributed by atoms with van der Waals surface area (Å²) in [5.41, 5.74) is -1.24. The summed E-state index contributed by atoms with van der Waals surface area (Å²) in [6.07, 6.45) is 5.72. The SMILES string of the molecule is CCCCCC(C)(C)OOC(=O)Oc1cccc(OC(=O)OOC(C)(C)CCCCC)c1. The Morgan fingerprint density at radius 2 is 1.12 bits per heavy atom. The maximum atomic E-state index is 11.9. The molecule has 182 valence electrons. The highest BCUT2D eigenvalue weighted by Gasteiger charge is 2.24. The summed E-state index contributed by atoms with van der Waals surface area (Å²) in [4.78, 5) is 43.8. The Morgan fingerprint density at radius 3 is 1.50 bits per heavy atom. The van der Waals surface area contributed by atoms with Crippen molar-refractivity contribution in [1.82, 2.24) is 0 Å². The number of benzene rings is 1. The topological polar surface area (TPSA) is 89.5 Å². The van der Waals surface area contributed by atoms with Crippen molar-refractivity contribution in [3.8, 4) is 11.5 Å². The van der Waals surface area contributed by atoms with Crippen molar-refractivity contribution in [1.29, 1.82) is 0 Å². The number of rotatable bonds is 14. The van der Waals surface area contributed by atoms with Gasteiger partial charge in [0.1, 0.15) is 22.7 Å². The molecule has 8 nitrogen and oxygen atoms in total. The second-order valence-corrected chi connectivity index (χ2v) is 8.95. The van der Waals surface area contributed by atoms with Gasteiger partial charge in [0, 0.05) is 6.07 Å². The van der Waals surface area contributed by atoms with E-state index in [1.165, 1.54) is 18.2 Å². The molecule has 1 rings (SSSR count). The molecule has 0 spiro atoms. The van der Waals surface area contributed by atoms with Crippen molar-refractivity contribution in [2.45, 2.75) is 104 Å². The molecule has 32 heavy (non-hydrogen) atoms. The molecule has 0 radical (unpaired) electrons. The third-order valence-corrected chi connectivity index (χ3v) is 4.64. The minimum Gasteiger partial charge on any atom is -0.393 e. The maximum absolute atomic E-state index is 11.9. The minimum absolute atomic E-state index is 0.119. The van der Waals surface area contributed by atoms with Crippen molar-refractivity contribution in [2.75, 3.05) is 0 Å². The summed E-state index contributed by atoms with van der Waals surface area (Å²) in [7, 11) is 0. The van der Waals surface area contributed by atoms with Crippen molar-refractivity contribution in [3.63, 3.8) is 0 Å². The van der Waals surface area contributed by atoms with Crippen LogP contribution in [0.15, 0.2) is 24.3 Å². The molecule has 0 aliphatic carbocycles. The van der Waals surface area contributed by atoms with Crippen LogP contribution >= 0.6 is 0 Å². The number of carbonyl (C=O) groups is 2. The second kappa shape index (κ2) is 14.0. The molecule has 0 aliphatic heterocycles. The van der Waals surface area contributed by atoms with Crippen LogP contribution in [0.5, 0.6) is 11.5 Å². The first-order valence-corrected chi connectivity index (χ1v) is 11.3. The Bertz CT molecular complexity index is 644. The predicted octanol–water partition coefficient (Wildman–Crippen LogP) is 7.30. The van der Waals surface area contributed by atoms with Crippen LogP contribution in [0.25, 0.3) is 0 Å². The number of hydrogen-bond acceptors (Lipinski definition) is 8. The van der Waals surface area contributed by atoms with Gasteiger partial charge in [-0.1, -0.05) is 58.4 Å². The molecule has 0 aliphatic rings. The van der Waals surface area contributed by atoms with Gasteiger partial charge >= 0.3 is 12.3 Å². The number of unbranched alkanes of at least 4 members (excludes halogenated alkanes) is 4. The number of ether oxygens (including phenoxy) is 2.